The number of nitrogens with zero attached hydrogens (tertiary/aromatic N) is 4. The predicted octanol–water partition coefficient (Wildman–Crippen LogP) is 0.441. The lowest BCUT2D eigenvalue weighted by Gasteiger charge is -2.29. The summed E-state index contributed by atoms with van der Waals surface area (Å²) in [6.45, 7) is 3.69. The minimum atomic E-state index is 0.158. The Morgan fingerprint density at radius 1 is 1.33 bits per heavy atom. The van der Waals surface area contributed by atoms with Crippen molar-refractivity contribution in [2.24, 2.45) is 7.05 Å². The first-order valence-electron chi connectivity index (χ1n) is 7.28. The standard InChI is InChI=1S/C15H21N5O/c1-18(11-14(21)20-9-7-16-8-10-20)15-17-12-5-3-4-6-13(12)19(15)2/h3-6,16H,7-11H2,1-2H3. The molecule has 1 aromatic heterocycles. The van der Waals surface area contributed by atoms with Crippen molar-refractivity contribution in [2.45, 2.75) is 0 Å². The third kappa shape index (κ3) is 2.71. The van der Waals surface area contributed by atoms with E-state index in [-0.39, 0.29) is 5.91 Å². The van der Waals surface area contributed by atoms with E-state index in [1.807, 2.05) is 52.7 Å². The van der Waals surface area contributed by atoms with E-state index in [1.54, 1.807) is 0 Å². The molecule has 0 unspecified atom stereocenters. The molecule has 1 fully saturated rings. The molecule has 0 atom stereocenters. The number of carbonyl (C=O) groups excluding carboxylic acids is 1. The third-order valence-electron chi connectivity index (χ3n) is 3.95. The number of piperazine rings is 1. The van der Waals surface area contributed by atoms with Crippen molar-refractivity contribution >= 4 is 22.9 Å². The summed E-state index contributed by atoms with van der Waals surface area (Å²) in [6.07, 6.45) is 0. The van der Waals surface area contributed by atoms with Crippen LogP contribution in [0.25, 0.3) is 11.0 Å². The van der Waals surface area contributed by atoms with Gasteiger partial charge in [-0.3, -0.25) is 4.79 Å². The van der Waals surface area contributed by atoms with Gasteiger partial charge in [-0.2, -0.15) is 0 Å². The number of rotatable bonds is 3. The Morgan fingerprint density at radius 3 is 2.76 bits per heavy atom. The van der Waals surface area contributed by atoms with E-state index in [1.165, 1.54) is 0 Å². The number of benzene rings is 1. The molecule has 1 N–H and O–H groups in total. The number of fused-ring (bicyclic) bond motifs is 1. The Bertz CT molecular complexity index is 645. The van der Waals surface area contributed by atoms with Gasteiger partial charge in [-0.05, 0) is 12.1 Å². The Morgan fingerprint density at radius 2 is 2.05 bits per heavy atom. The minimum Gasteiger partial charge on any atom is -0.339 e. The number of hydrogen-bond acceptors (Lipinski definition) is 4. The number of amides is 1. The Kier molecular flexibility index (Phi) is 3.79. The van der Waals surface area contributed by atoms with Crippen LogP contribution in [0.5, 0.6) is 0 Å². The predicted molar refractivity (Wildman–Crippen MR) is 83.4 cm³/mol. The fraction of sp³-hybridized carbons (Fsp3) is 0.467. The number of nitrogens with one attached hydrogen (secondary N) is 1. The van der Waals surface area contributed by atoms with Crippen molar-refractivity contribution < 1.29 is 4.79 Å². The summed E-state index contributed by atoms with van der Waals surface area (Å²) in [5.74, 6) is 0.978. The van der Waals surface area contributed by atoms with Gasteiger partial charge < -0.3 is 19.7 Å². The molecule has 0 bridgehead atoms. The molecule has 6 heteroatoms. The molecule has 0 spiro atoms. The zero-order valence-electron chi connectivity index (χ0n) is 12.5. The Labute approximate surface area is 124 Å². The molecule has 2 aromatic rings. The molecule has 6 nitrogen and oxygen atoms in total. The highest BCUT2D eigenvalue weighted by molar-refractivity contribution is 5.83. The molecule has 1 saturated heterocycles. The van der Waals surface area contributed by atoms with Crippen molar-refractivity contribution in [1.29, 1.82) is 0 Å². The number of imidazole rings is 1. The Hall–Kier alpha value is -2.08. The van der Waals surface area contributed by atoms with Gasteiger partial charge in [0.25, 0.3) is 0 Å². The molecule has 21 heavy (non-hydrogen) atoms. The van der Waals surface area contributed by atoms with E-state index in [0.29, 0.717) is 6.54 Å². The summed E-state index contributed by atoms with van der Waals surface area (Å²) >= 11 is 0. The van der Waals surface area contributed by atoms with Gasteiger partial charge in [-0.1, -0.05) is 12.1 Å². The molecule has 1 amide bonds. The second-order valence-electron chi connectivity index (χ2n) is 5.45. The van der Waals surface area contributed by atoms with E-state index in [2.05, 4.69) is 10.3 Å². The normalized spacial score (nSPS) is 15.4. The van der Waals surface area contributed by atoms with E-state index in [9.17, 15) is 4.79 Å². The molecular formula is C15H21N5O. The van der Waals surface area contributed by atoms with Crippen LogP contribution in [0.4, 0.5) is 5.95 Å². The zero-order valence-corrected chi connectivity index (χ0v) is 12.5. The highest BCUT2D eigenvalue weighted by Crippen LogP contribution is 2.20. The number of anilines is 1. The first kappa shape index (κ1) is 13.9. The van der Waals surface area contributed by atoms with E-state index in [0.717, 1.165) is 43.2 Å². The van der Waals surface area contributed by atoms with Crippen LogP contribution in [-0.4, -0.2) is 60.1 Å². The van der Waals surface area contributed by atoms with Crippen molar-refractivity contribution in [1.82, 2.24) is 19.8 Å². The number of likely N-dealkylation sites (N-methyl/N-ethyl adjacent to an activating group) is 1. The highest BCUT2D eigenvalue weighted by Gasteiger charge is 2.20. The number of hydrogen-bond donors (Lipinski definition) is 1. The molecule has 112 valence electrons. The smallest absolute Gasteiger partial charge is 0.242 e. The lowest BCUT2D eigenvalue weighted by molar-refractivity contribution is -0.130. The summed E-state index contributed by atoms with van der Waals surface area (Å²) in [7, 11) is 3.90. The third-order valence-corrected chi connectivity index (χ3v) is 3.95. The van der Waals surface area contributed by atoms with Gasteiger partial charge >= 0.3 is 0 Å². The monoisotopic (exact) mass is 287 g/mol. The van der Waals surface area contributed by atoms with Crippen molar-refractivity contribution in [3.8, 4) is 0 Å². The number of aromatic nitrogens is 2. The van der Waals surface area contributed by atoms with Gasteiger partial charge in [0, 0.05) is 40.3 Å². The second-order valence-corrected chi connectivity index (χ2v) is 5.45. The fourth-order valence-electron chi connectivity index (χ4n) is 2.76. The molecular weight excluding hydrogens is 266 g/mol. The van der Waals surface area contributed by atoms with Crippen LogP contribution in [0.3, 0.4) is 0 Å². The lowest BCUT2D eigenvalue weighted by atomic mass is 10.3. The minimum absolute atomic E-state index is 0.158. The van der Waals surface area contributed by atoms with Gasteiger partial charge in [-0.15, -0.1) is 0 Å². The average molecular weight is 287 g/mol. The van der Waals surface area contributed by atoms with Crippen LogP contribution >= 0.6 is 0 Å². The largest absolute Gasteiger partial charge is 0.339 e. The van der Waals surface area contributed by atoms with Crippen LogP contribution in [0.1, 0.15) is 0 Å². The maximum Gasteiger partial charge on any atom is 0.242 e. The van der Waals surface area contributed by atoms with Crippen molar-refractivity contribution in [3.05, 3.63) is 24.3 Å². The van der Waals surface area contributed by atoms with Crippen LogP contribution < -0.4 is 10.2 Å². The molecule has 3 rings (SSSR count). The summed E-state index contributed by atoms with van der Waals surface area (Å²) in [5.41, 5.74) is 2.03. The quantitative estimate of drug-likeness (QED) is 0.890. The Balaban J connectivity index is 1.75. The maximum atomic E-state index is 12.3. The van der Waals surface area contributed by atoms with Crippen LogP contribution in [0.15, 0.2) is 24.3 Å². The summed E-state index contributed by atoms with van der Waals surface area (Å²) < 4.78 is 2.03. The molecule has 0 saturated carbocycles. The van der Waals surface area contributed by atoms with Crippen molar-refractivity contribution in [2.75, 3.05) is 44.7 Å². The highest BCUT2D eigenvalue weighted by atomic mass is 16.2. The van der Waals surface area contributed by atoms with Crippen LogP contribution in [0, 0.1) is 0 Å². The van der Waals surface area contributed by atoms with Crippen LogP contribution in [0.2, 0.25) is 0 Å². The number of para-hydroxylation sites is 2. The SMILES string of the molecule is CN(CC(=O)N1CCNCC1)c1nc2ccccc2n1C. The molecule has 1 aliphatic heterocycles. The number of aryl methyl sites for hydroxylation is 1. The fourth-order valence-corrected chi connectivity index (χ4v) is 2.76. The summed E-state index contributed by atoms with van der Waals surface area (Å²) in [5, 5.41) is 3.26. The van der Waals surface area contributed by atoms with E-state index < -0.39 is 0 Å². The first-order chi connectivity index (χ1) is 10.2. The molecule has 1 aliphatic rings. The molecule has 2 heterocycles. The molecule has 0 aliphatic carbocycles. The molecule has 0 radical (unpaired) electrons. The van der Waals surface area contributed by atoms with Crippen molar-refractivity contribution in [3.63, 3.8) is 0 Å². The number of carbonyl (C=O) groups is 1. The summed E-state index contributed by atoms with van der Waals surface area (Å²) in [4.78, 5) is 20.8. The maximum absolute atomic E-state index is 12.3. The van der Waals surface area contributed by atoms with Gasteiger partial charge in [0.2, 0.25) is 11.9 Å². The van der Waals surface area contributed by atoms with Gasteiger partial charge in [0.05, 0.1) is 17.6 Å². The van der Waals surface area contributed by atoms with Gasteiger partial charge in [-0.25, -0.2) is 4.98 Å². The van der Waals surface area contributed by atoms with Gasteiger partial charge in [0.15, 0.2) is 0 Å². The topological polar surface area (TPSA) is 53.4 Å². The van der Waals surface area contributed by atoms with Crippen LogP contribution in [-0.2, 0) is 11.8 Å². The van der Waals surface area contributed by atoms with Gasteiger partial charge in [0.1, 0.15) is 0 Å². The van der Waals surface area contributed by atoms with E-state index in [4.69, 9.17) is 0 Å². The first-order valence-corrected chi connectivity index (χ1v) is 7.28. The average Bonchev–Trinajstić information content (AvgIpc) is 2.86. The van der Waals surface area contributed by atoms with E-state index >= 15 is 0 Å². The summed E-state index contributed by atoms with van der Waals surface area (Å²) in [6, 6.07) is 8.01. The zero-order chi connectivity index (χ0) is 14.8. The lowest BCUT2D eigenvalue weighted by Crippen LogP contribution is -2.49. The second kappa shape index (κ2) is 5.73. The molecule has 1 aromatic carbocycles.